The predicted octanol–water partition coefficient (Wildman–Crippen LogP) is 1.08. The second-order valence-corrected chi connectivity index (χ2v) is 6.77. The van der Waals surface area contributed by atoms with Crippen LogP contribution >= 0.6 is 0 Å². The lowest BCUT2D eigenvalue weighted by atomic mass is 9.91. The van der Waals surface area contributed by atoms with Gasteiger partial charge in [0, 0.05) is 19.1 Å². The summed E-state index contributed by atoms with van der Waals surface area (Å²) in [4.78, 5) is 31.9. The van der Waals surface area contributed by atoms with E-state index in [0.29, 0.717) is 0 Å². The number of hydrogen-bond donors (Lipinski definition) is 0. The molecule has 3 fully saturated rings. The van der Waals surface area contributed by atoms with Crippen LogP contribution in [-0.2, 0) is 9.59 Å². The predicted molar refractivity (Wildman–Crippen MR) is 80.8 cm³/mol. The van der Waals surface area contributed by atoms with Crippen LogP contribution < -0.4 is 0 Å². The van der Waals surface area contributed by atoms with Crippen molar-refractivity contribution in [1.82, 2.24) is 14.7 Å². The number of fused-ring (bicyclic) bond motifs is 1. The van der Waals surface area contributed by atoms with Crippen LogP contribution in [0.4, 0.5) is 0 Å². The minimum absolute atomic E-state index is 0.179. The Morgan fingerprint density at radius 1 is 1.05 bits per heavy atom. The molecule has 0 N–H and O–H groups in total. The zero-order valence-corrected chi connectivity index (χ0v) is 13.3. The van der Waals surface area contributed by atoms with Gasteiger partial charge in [0.25, 0.3) is 0 Å². The van der Waals surface area contributed by atoms with Crippen LogP contribution in [0, 0.1) is 0 Å². The topological polar surface area (TPSA) is 43.9 Å². The van der Waals surface area contributed by atoms with E-state index in [4.69, 9.17) is 0 Å². The Labute approximate surface area is 127 Å². The van der Waals surface area contributed by atoms with Crippen molar-refractivity contribution in [2.24, 2.45) is 0 Å². The summed E-state index contributed by atoms with van der Waals surface area (Å²) in [5, 5.41) is 0. The van der Waals surface area contributed by atoms with E-state index in [2.05, 4.69) is 11.9 Å². The fourth-order valence-electron chi connectivity index (χ4n) is 4.26. The van der Waals surface area contributed by atoms with Crippen LogP contribution in [0.3, 0.4) is 0 Å². The molecule has 2 amide bonds. The zero-order chi connectivity index (χ0) is 15.0. The van der Waals surface area contributed by atoms with Gasteiger partial charge in [-0.3, -0.25) is 9.59 Å². The molecule has 0 bridgehead atoms. The molecule has 5 nitrogen and oxygen atoms in total. The van der Waals surface area contributed by atoms with Gasteiger partial charge >= 0.3 is 0 Å². The van der Waals surface area contributed by atoms with E-state index in [-0.39, 0.29) is 29.9 Å². The second kappa shape index (κ2) is 5.95. The van der Waals surface area contributed by atoms with Gasteiger partial charge in [-0.1, -0.05) is 6.92 Å². The van der Waals surface area contributed by atoms with Gasteiger partial charge in [0.15, 0.2) is 0 Å². The molecule has 5 heteroatoms. The Hall–Kier alpha value is -1.10. The van der Waals surface area contributed by atoms with Crippen molar-refractivity contribution >= 4 is 11.8 Å². The molecule has 3 heterocycles. The standard InChI is InChI=1S/C16H27N3O2/c1-3-13-15(20)18-10-5-4-8-14(18)16(21)19(13)12-7-6-9-17(2)11-12/h12-14H,3-11H2,1-2H3. The van der Waals surface area contributed by atoms with Crippen molar-refractivity contribution in [3.8, 4) is 0 Å². The van der Waals surface area contributed by atoms with Crippen molar-refractivity contribution in [1.29, 1.82) is 0 Å². The van der Waals surface area contributed by atoms with Crippen LogP contribution in [0.2, 0.25) is 0 Å². The van der Waals surface area contributed by atoms with Crippen LogP contribution in [-0.4, -0.2) is 71.3 Å². The fraction of sp³-hybridized carbons (Fsp3) is 0.875. The average Bonchev–Trinajstić information content (AvgIpc) is 2.50. The second-order valence-electron chi connectivity index (χ2n) is 6.77. The van der Waals surface area contributed by atoms with Crippen molar-refractivity contribution in [3.05, 3.63) is 0 Å². The lowest BCUT2D eigenvalue weighted by Crippen LogP contribution is -2.69. The lowest BCUT2D eigenvalue weighted by Gasteiger charge is -2.50. The van der Waals surface area contributed by atoms with E-state index in [1.54, 1.807) is 0 Å². The van der Waals surface area contributed by atoms with Gasteiger partial charge in [-0.25, -0.2) is 0 Å². The average molecular weight is 293 g/mol. The Morgan fingerprint density at radius 2 is 1.86 bits per heavy atom. The van der Waals surface area contributed by atoms with Gasteiger partial charge in [0.05, 0.1) is 0 Å². The highest BCUT2D eigenvalue weighted by atomic mass is 16.2. The Morgan fingerprint density at radius 3 is 2.57 bits per heavy atom. The van der Waals surface area contributed by atoms with E-state index in [1.165, 1.54) is 0 Å². The largest absolute Gasteiger partial charge is 0.329 e. The van der Waals surface area contributed by atoms with E-state index in [0.717, 1.165) is 58.2 Å². The number of piperazine rings is 1. The molecule has 3 unspecified atom stereocenters. The van der Waals surface area contributed by atoms with Gasteiger partial charge in [0.2, 0.25) is 11.8 Å². The minimum Gasteiger partial charge on any atom is -0.329 e. The third kappa shape index (κ3) is 2.56. The Balaban J connectivity index is 1.86. The first-order chi connectivity index (χ1) is 10.1. The molecular formula is C16H27N3O2. The minimum atomic E-state index is -0.233. The summed E-state index contributed by atoms with van der Waals surface area (Å²) in [5.74, 6) is 0.400. The lowest BCUT2D eigenvalue weighted by molar-refractivity contribution is -0.167. The van der Waals surface area contributed by atoms with E-state index in [1.807, 2.05) is 16.7 Å². The highest BCUT2D eigenvalue weighted by Crippen LogP contribution is 2.30. The number of likely N-dealkylation sites (N-methyl/N-ethyl adjacent to an activating group) is 1. The summed E-state index contributed by atoms with van der Waals surface area (Å²) in [5.41, 5.74) is 0. The molecule has 3 saturated heterocycles. The molecule has 3 aliphatic heterocycles. The monoisotopic (exact) mass is 293 g/mol. The molecule has 3 aliphatic rings. The summed E-state index contributed by atoms with van der Waals surface area (Å²) in [6.07, 6.45) is 5.83. The number of carbonyl (C=O) groups is 2. The van der Waals surface area contributed by atoms with E-state index >= 15 is 0 Å². The first kappa shape index (κ1) is 14.8. The van der Waals surface area contributed by atoms with Crippen molar-refractivity contribution in [3.63, 3.8) is 0 Å². The van der Waals surface area contributed by atoms with Crippen molar-refractivity contribution in [2.75, 3.05) is 26.7 Å². The smallest absolute Gasteiger partial charge is 0.246 e. The van der Waals surface area contributed by atoms with E-state index in [9.17, 15) is 9.59 Å². The van der Waals surface area contributed by atoms with Crippen LogP contribution in [0.5, 0.6) is 0 Å². The maximum absolute atomic E-state index is 13.0. The number of hydrogen-bond acceptors (Lipinski definition) is 3. The van der Waals surface area contributed by atoms with Gasteiger partial charge in [0.1, 0.15) is 12.1 Å². The number of likely N-dealkylation sites (tertiary alicyclic amines) is 1. The molecule has 0 spiro atoms. The quantitative estimate of drug-likeness (QED) is 0.765. The van der Waals surface area contributed by atoms with Crippen LogP contribution in [0.15, 0.2) is 0 Å². The molecule has 0 radical (unpaired) electrons. The zero-order valence-electron chi connectivity index (χ0n) is 13.3. The maximum Gasteiger partial charge on any atom is 0.246 e. The van der Waals surface area contributed by atoms with Gasteiger partial charge in [-0.05, 0) is 52.1 Å². The number of rotatable bonds is 2. The summed E-state index contributed by atoms with van der Waals surface area (Å²) in [7, 11) is 2.11. The molecule has 21 heavy (non-hydrogen) atoms. The summed E-state index contributed by atoms with van der Waals surface area (Å²) in [6.45, 7) is 4.80. The third-order valence-electron chi connectivity index (χ3n) is 5.33. The highest BCUT2D eigenvalue weighted by molar-refractivity contribution is 5.97. The number of piperidine rings is 2. The van der Waals surface area contributed by atoms with Gasteiger partial charge < -0.3 is 14.7 Å². The van der Waals surface area contributed by atoms with Crippen LogP contribution in [0.25, 0.3) is 0 Å². The summed E-state index contributed by atoms with van der Waals surface area (Å²) >= 11 is 0. The van der Waals surface area contributed by atoms with Crippen molar-refractivity contribution in [2.45, 2.75) is 63.6 Å². The number of carbonyl (C=O) groups excluding carboxylic acids is 2. The van der Waals surface area contributed by atoms with E-state index < -0.39 is 0 Å². The molecule has 118 valence electrons. The molecule has 0 aromatic carbocycles. The molecular weight excluding hydrogens is 266 g/mol. The molecule has 0 aliphatic carbocycles. The van der Waals surface area contributed by atoms with Gasteiger partial charge in [-0.2, -0.15) is 0 Å². The first-order valence-electron chi connectivity index (χ1n) is 8.44. The number of nitrogens with zero attached hydrogens (tertiary/aromatic N) is 3. The maximum atomic E-state index is 13.0. The Bertz CT molecular complexity index is 426. The third-order valence-corrected chi connectivity index (χ3v) is 5.33. The van der Waals surface area contributed by atoms with Crippen molar-refractivity contribution < 1.29 is 9.59 Å². The highest BCUT2D eigenvalue weighted by Gasteiger charge is 2.48. The van der Waals surface area contributed by atoms with Crippen LogP contribution in [0.1, 0.15) is 45.4 Å². The first-order valence-corrected chi connectivity index (χ1v) is 8.44. The summed E-state index contributed by atoms with van der Waals surface area (Å²) < 4.78 is 0. The van der Waals surface area contributed by atoms with Gasteiger partial charge in [-0.15, -0.1) is 0 Å². The molecule has 3 atom stereocenters. The Kier molecular flexibility index (Phi) is 4.20. The molecule has 0 aromatic heterocycles. The molecule has 3 rings (SSSR count). The molecule has 0 saturated carbocycles. The normalized spacial score (nSPS) is 35.0. The molecule has 0 aromatic rings. The summed E-state index contributed by atoms with van der Waals surface area (Å²) in [6, 6.07) is -0.196. The number of amides is 2. The fourth-order valence-corrected chi connectivity index (χ4v) is 4.26. The SMILES string of the molecule is CCC1C(=O)N2CCCCC2C(=O)N1C1CCCN(C)C1.